The van der Waals surface area contributed by atoms with Crippen molar-refractivity contribution in [1.82, 2.24) is 0 Å². The maximum Gasteiger partial charge on any atom is 0.0834 e. The SMILES string of the molecule is CCC(CC)C(N)C1(OC)CCCC(C)C1. The first-order valence-corrected chi connectivity index (χ1v) is 6.90. The van der Waals surface area contributed by atoms with Gasteiger partial charge in [-0.1, -0.05) is 46.5 Å². The Morgan fingerprint density at radius 1 is 1.38 bits per heavy atom. The molecule has 1 aliphatic carbocycles. The zero-order valence-corrected chi connectivity index (χ0v) is 11.5. The molecule has 0 aliphatic heterocycles. The summed E-state index contributed by atoms with van der Waals surface area (Å²) in [5.74, 6) is 1.36. The summed E-state index contributed by atoms with van der Waals surface area (Å²) in [6.45, 7) is 6.81. The first-order chi connectivity index (χ1) is 7.59. The molecule has 0 spiro atoms. The van der Waals surface area contributed by atoms with Crippen LogP contribution in [-0.4, -0.2) is 18.8 Å². The lowest BCUT2D eigenvalue weighted by atomic mass is 9.70. The summed E-state index contributed by atoms with van der Waals surface area (Å²) in [5, 5.41) is 0. The Morgan fingerprint density at radius 3 is 2.44 bits per heavy atom. The molecule has 1 rings (SSSR count). The van der Waals surface area contributed by atoms with Gasteiger partial charge in [0.1, 0.15) is 0 Å². The molecule has 1 aliphatic rings. The van der Waals surface area contributed by atoms with Crippen LogP contribution in [0.2, 0.25) is 0 Å². The van der Waals surface area contributed by atoms with Crippen LogP contribution in [0.5, 0.6) is 0 Å². The minimum atomic E-state index is -0.0473. The summed E-state index contributed by atoms with van der Waals surface area (Å²) in [7, 11) is 1.85. The van der Waals surface area contributed by atoms with Crippen molar-refractivity contribution < 1.29 is 4.74 Å². The van der Waals surface area contributed by atoms with E-state index in [4.69, 9.17) is 10.5 Å². The maximum absolute atomic E-state index is 6.50. The summed E-state index contributed by atoms with van der Waals surface area (Å²) in [6.07, 6.45) is 7.21. The Labute approximate surface area is 101 Å². The van der Waals surface area contributed by atoms with Gasteiger partial charge in [-0.3, -0.25) is 0 Å². The molecule has 1 saturated carbocycles. The highest BCUT2D eigenvalue weighted by molar-refractivity contribution is 4.97. The van der Waals surface area contributed by atoms with Gasteiger partial charge in [0.15, 0.2) is 0 Å². The first-order valence-electron chi connectivity index (χ1n) is 6.90. The minimum absolute atomic E-state index is 0.0473. The Hall–Kier alpha value is -0.0800. The van der Waals surface area contributed by atoms with Crippen LogP contribution in [0.3, 0.4) is 0 Å². The van der Waals surface area contributed by atoms with Gasteiger partial charge in [0.25, 0.3) is 0 Å². The van der Waals surface area contributed by atoms with E-state index < -0.39 is 0 Å². The van der Waals surface area contributed by atoms with E-state index in [9.17, 15) is 0 Å². The van der Waals surface area contributed by atoms with E-state index in [-0.39, 0.29) is 11.6 Å². The number of hydrogen-bond donors (Lipinski definition) is 1. The number of nitrogens with two attached hydrogens (primary N) is 1. The van der Waals surface area contributed by atoms with Crippen LogP contribution in [0.15, 0.2) is 0 Å². The van der Waals surface area contributed by atoms with Crippen LogP contribution in [0, 0.1) is 11.8 Å². The molecule has 0 aromatic heterocycles. The van der Waals surface area contributed by atoms with Crippen LogP contribution in [0.1, 0.15) is 59.3 Å². The van der Waals surface area contributed by atoms with Gasteiger partial charge in [-0.15, -0.1) is 0 Å². The lowest BCUT2D eigenvalue weighted by molar-refractivity contribution is -0.0836. The lowest BCUT2D eigenvalue weighted by Gasteiger charge is -2.45. The molecular weight excluding hydrogens is 198 g/mol. The van der Waals surface area contributed by atoms with Gasteiger partial charge < -0.3 is 10.5 Å². The third-order valence-electron chi connectivity index (χ3n) is 4.56. The van der Waals surface area contributed by atoms with Crippen molar-refractivity contribution in [3.8, 4) is 0 Å². The van der Waals surface area contributed by atoms with Crippen LogP contribution in [-0.2, 0) is 4.74 Å². The van der Waals surface area contributed by atoms with Crippen LogP contribution in [0.4, 0.5) is 0 Å². The van der Waals surface area contributed by atoms with Crippen LogP contribution < -0.4 is 5.73 Å². The minimum Gasteiger partial charge on any atom is -0.377 e. The molecule has 0 heterocycles. The van der Waals surface area contributed by atoms with E-state index >= 15 is 0 Å². The zero-order chi connectivity index (χ0) is 12.2. The second-order valence-electron chi connectivity index (χ2n) is 5.57. The molecular formula is C14H29NO. The Balaban J connectivity index is 2.77. The van der Waals surface area contributed by atoms with Gasteiger partial charge in [0.05, 0.1) is 5.60 Å². The summed E-state index contributed by atoms with van der Waals surface area (Å²) < 4.78 is 5.87. The lowest BCUT2D eigenvalue weighted by Crippen LogP contribution is -2.55. The molecule has 3 unspecified atom stereocenters. The number of hydrogen-bond acceptors (Lipinski definition) is 2. The van der Waals surface area contributed by atoms with Gasteiger partial charge in [-0.05, 0) is 24.7 Å². The quantitative estimate of drug-likeness (QED) is 0.781. The highest BCUT2D eigenvalue weighted by atomic mass is 16.5. The number of ether oxygens (including phenoxy) is 1. The number of rotatable bonds is 5. The van der Waals surface area contributed by atoms with Crippen molar-refractivity contribution in [3.63, 3.8) is 0 Å². The molecule has 3 atom stereocenters. The largest absolute Gasteiger partial charge is 0.377 e. The zero-order valence-electron chi connectivity index (χ0n) is 11.5. The maximum atomic E-state index is 6.50. The molecule has 0 amide bonds. The monoisotopic (exact) mass is 227 g/mol. The summed E-state index contributed by atoms with van der Waals surface area (Å²) >= 11 is 0. The molecule has 0 radical (unpaired) electrons. The van der Waals surface area contributed by atoms with Crippen molar-refractivity contribution in [2.75, 3.05) is 7.11 Å². The smallest absolute Gasteiger partial charge is 0.0834 e. The van der Waals surface area contributed by atoms with E-state index in [1.165, 1.54) is 12.8 Å². The first kappa shape index (κ1) is 14.0. The van der Waals surface area contributed by atoms with Gasteiger partial charge in [-0.2, -0.15) is 0 Å². The molecule has 16 heavy (non-hydrogen) atoms. The van der Waals surface area contributed by atoms with E-state index in [0.717, 1.165) is 31.6 Å². The molecule has 2 nitrogen and oxygen atoms in total. The van der Waals surface area contributed by atoms with Gasteiger partial charge in [-0.25, -0.2) is 0 Å². The van der Waals surface area contributed by atoms with Crippen molar-refractivity contribution in [2.45, 2.75) is 70.9 Å². The molecule has 2 heteroatoms. The van der Waals surface area contributed by atoms with Crippen LogP contribution in [0.25, 0.3) is 0 Å². The third-order valence-corrected chi connectivity index (χ3v) is 4.56. The predicted octanol–water partition coefficient (Wildman–Crippen LogP) is 3.35. The van der Waals surface area contributed by atoms with Crippen molar-refractivity contribution in [2.24, 2.45) is 17.6 Å². The van der Waals surface area contributed by atoms with Gasteiger partial charge in [0, 0.05) is 13.2 Å². The fourth-order valence-corrected chi connectivity index (χ4v) is 3.39. The Bertz CT molecular complexity index is 203. The van der Waals surface area contributed by atoms with Gasteiger partial charge in [0.2, 0.25) is 0 Å². The molecule has 0 aromatic carbocycles. The molecule has 96 valence electrons. The Kier molecular flexibility index (Phi) is 5.26. The summed E-state index contributed by atoms with van der Waals surface area (Å²) in [6, 6.07) is 0.204. The predicted molar refractivity (Wildman–Crippen MR) is 69.4 cm³/mol. The average Bonchev–Trinajstić information content (AvgIpc) is 2.30. The standard InChI is InChI=1S/C14H29NO/c1-5-12(6-2)13(15)14(16-4)9-7-8-11(3)10-14/h11-13H,5-10,15H2,1-4H3. The molecule has 0 saturated heterocycles. The highest BCUT2D eigenvalue weighted by Gasteiger charge is 2.42. The van der Waals surface area contributed by atoms with Gasteiger partial charge >= 0.3 is 0 Å². The summed E-state index contributed by atoms with van der Waals surface area (Å²) in [4.78, 5) is 0. The average molecular weight is 227 g/mol. The second kappa shape index (κ2) is 6.02. The van der Waals surface area contributed by atoms with E-state index in [1.807, 2.05) is 7.11 Å². The Morgan fingerprint density at radius 2 is 2.00 bits per heavy atom. The molecule has 1 fully saturated rings. The topological polar surface area (TPSA) is 35.2 Å². The summed E-state index contributed by atoms with van der Waals surface area (Å²) in [5.41, 5.74) is 6.45. The molecule has 0 aromatic rings. The number of methoxy groups -OCH3 is 1. The molecule has 0 bridgehead atoms. The second-order valence-corrected chi connectivity index (χ2v) is 5.57. The highest BCUT2D eigenvalue weighted by Crippen LogP contribution is 2.39. The van der Waals surface area contributed by atoms with Crippen LogP contribution >= 0.6 is 0 Å². The fraction of sp³-hybridized carbons (Fsp3) is 1.00. The normalized spacial score (nSPS) is 33.0. The van der Waals surface area contributed by atoms with Crippen molar-refractivity contribution in [1.29, 1.82) is 0 Å². The van der Waals surface area contributed by atoms with Crippen molar-refractivity contribution in [3.05, 3.63) is 0 Å². The third kappa shape index (κ3) is 2.78. The fourth-order valence-electron chi connectivity index (χ4n) is 3.39. The van der Waals surface area contributed by atoms with E-state index in [2.05, 4.69) is 20.8 Å². The van der Waals surface area contributed by atoms with E-state index in [1.54, 1.807) is 0 Å². The molecule has 2 N–H and O–H groups in total. The van der Waals surface area contributed by atoms with E-state index in [0.29, 0.717) is 5.92 Å². The van der Waals surface area contributed by atoms with Crippen molar-refractivity contribution >= 4 is 0 Å².